The van der Waals surface area contributed by atoms with Gasteiger partial charge < -0.3 is 14.5 Å². The van der Waals surface area contributed by atoms with Gasteiger partial charge in [0.2, 0.25) is 5.91 Å². The SMILES string of the molecule is COCC1CCN(CC(=O)N2CCN(c3cccc(C(F)(F)F)c3)CC2)CC1. The van der Waals surface area contributed by atoms with Gasteiger partial charge in [0.15, 0.2) is 0 Å². The molecule has 0 unspecified atom stereocenters. The average molecular weight is 399 g/mol. The molecule has 0 bridgehead atoms. The number of anilines is 1. The number of piperazine rings is 1. The van der Waals surface area contributed by atoms with Gasteiger partial charge in [-0.1, -0.05) is 6.07 Å². The normalized spacial score (nSPS) is 19.9. The lowest BCUT2D eigenvalue weighted by Crippen LogP contribution is -2.52. The van der Waals surface area contributed by atoms with Crippen molar-refractivity contribution in [3.8, 4) is 0 Å². The van der Waals surface area contributed by atoms with E-state index >= 15 is 0 Å². The van der Waals surface area contributed by atoms with Crippen LogP contribution in [0.4, 0.5) is 18.9 Å². The Kier molecular flexibility index (Phi) is 6.82. The van der Waals surface area contributed by atoms with E-state index in [1.165, 1.54) is 12.1 Å². The fourth-order valence-corrected chi connectivity index (χ4v) is 3.93. The van der Waals surface area contributed by atoms with Crippen LogP contribution in [0.5, 0.6) is 0 Å². The summed E-state index contributed by atoms with van der Waals surface area (Å²) in [5.74, 6) is 0.682. The maximum absolute atomic E-state index is 12.9. The van der Waals surface area contributed by atoms with Crippen LogP contribution >= 0.6 is 0 Å². The number of carbonyl (C=O) groups excluding carboxylic acids is 1. The van der Waals surface area contributed by atoms with Crippen molar-refractivity contribution in [2.45, 2.75) is 19.0 Å². The number of carbonyl (C=O) groups is 1. The highest BCUT2D eigenvalue weighted by Crippen LogP contribution is 2.31. The van der Waals surface area contributed by atoms with Gasteiger partial charge in [-0.3, -0.25) is 9.69 Å². The first kappa shape index (κ1) is 20.9. The van der Waals surface area contributed by atoms with Gasteiger partial charge in [-0.25, -0.2) is 0 Å². The molecule has 8 heteroatoms. The summed E-state index contributed by atoms with van der Waals surface area (Å²) in [5, 5.41) is 0. The van der Waals surface area contributed by atoms with E-state index in [1.54, 1.807) is 13.2 Å². The molecule has 0 aromatic heterocycles. The molecule has 1 aromatic carbocycles. The molecule has 0 atom stereocenters. The lowest BCUT2D eigenvalue weighted by atomic mass is 9.98. The zero-order valence-corrected chi connectivity index (χ0v) is 16.2. The zero-order chi connectivity index (χ0) is 20.1. The highest BCUT2D eigenvalue weighted by atomic mass is 19.4. The topological polar surface area (TPSA) is 36.0 Å². The van der Waals surface area contributed by atoms with E-state index in [2.05, 4.69) is 4.90 Å². The van der Waals surface area contributed by atoms with Crippen LogP contribution in [0.2, 0.25) is 0 Å². The second kappa shape index (κ2) is 9.13. The Labute approximate surface area is 164 Å². The van der Waals surface area contributed by atoms with Gasteiger partial charge in [0.1, 0.15) is 0 Å². The predicted molar refractivity (Wildman–Crippen MR) is 101 cm³/mol. The summed E-state index contributed by atoms with van der Waals surface area (Å²) >= 11 is 0. The Hall–Kier alpha value is -1.80. The van der Waals surface area contributed by atoms with Gasteiger partial charge in [0.05, 0.1) is 12.1 Å². The van der Waals surface area contributed by atoms with Crippen LogP contribution in [0.3, 0.4) is 0 Å². The number of piperidine rings is 1. The first-order chi connectivity index (χ1) is 13.4. The quantitative estimate of drug-likeness (QED) is 0.763. The third-order valence-corrected chi connectivity index (χ3v) is 5.64. The van der Waals surface area contributed by atoms with Crippen molar-refractivity contribution in [3.63, 3.8) is 0 Å². The molecule has 0 saturated carbocycles. The molecule has 2 saturated heterocycles. The number of hydrogen-bond acceptors (Lipinski definition) is 4. The molecule has 0 radical (unpaired) electrons. The monoisotopic (exact) mass is 399 g/mol. The molecule has 0 spiro atoms. The summed E-state index contributed by atoms with van der Waals surface area (Å²) in [5.41, 5.74) is -0.0810. The minimum atomic E-state index is -4.34. The van der Waals surface area contributed by atoms with Crippen LogP contribution in [0.15, 0.2) is 24.3 Å². The molecule has 156 valence electrons. The number of alkyl halides is 3. The van der Waals surface area contributed by atoms with Crippen LogP contribution in [-0.4, -0.2) is 75.2 Å². The molecule has 28 heavy (non-hydrogen) atoms. The van der Waals surface area contributed by atoms with Gasteiger partial charge in [-0.15, -0.1) is 0 Å². The van der Waals surface area contributed by atoms with E-state index in [4.69, 9.17) is 4.74 Å². The van der Waals surface area contributed by atoms with Crippen LogP contribution in [0.1, 0.15) is 18.4 Å². The first-order valence-corrected chi connectivity index (χ1v) is 9.78. The molecule has 1 aromatic rings. The van der Waals surface area contributed by atoms with Crippen molar-refractivity contribution < 1.29 is 22.7 Å². The van der Waals surface area contributed by atoms with Crippen molar-refractivity contribution in [1.29, 1.82) is 0 Å². The van der Waals surface area contributed by atoms with Gasteiger partial charge in [-0.2, -0.15) is 13.2 Å². The van der Waals surface area contributed by atoms with Crippen molar-refractivity contribution in [1.82, 2.24) is 9.80 Å². The summed E-state index contributed by atoms with van der Waals surface area (Å²) in [6, 6.07) is 5.39. The molecular weight excluding hydrogens is 371 g/mol. The summed E-state index contributed by atoms with van der Waals surface area (Å²) < 4.78 is 43.9. The summed E-state index contributed by atoms with van der Waals surface area (Å²) in [6.07, 6.45) is -2.25. The van der Waals surface area contributed by atoms with Crippen molar-refractivity contribution in [3.05, 3.63) is 29.8 Å². The van der Waals surface area contributed by atoms with Gasteiger partial charge in [0.25, 0.3) is 0 Å². The largest absolute Gasteiger partial charge is 0.416 e. The Balaban J connectivity index is 1.47. The van der Waals surface area contributed by atoms with E-state index in [1.807, 2.05) is 9.80 Å². The van der Waals surface area contributed by atoms with Crippen LogP contribution < -0.4 is 4.90 Å². The maximum Gasteiger partial charge on any atom is 0.416 e. The summed E-state index contributed by atoms with van der Waals surface area (Å²) in [4.78, 5) is 18.5. The van der Waals surface area contributed by atoms with E-state index < -0.39 is 11.7 Å². The van der Waals surface area contributed by atoms with Crippen molar-refractivity contribution in [2.75, 3.05) is 64.4 Å². The number of halogens is 3. The lowest BCUT2D eigenvalue weighted by molar-refractivity contribution is -0.137. The molecule has 2 aliphatic rings. The Morgan fingerprint density at radius 1 is 1.11 bits per heavy atom. The first-order valence-electron chi connectivity index (χ1n) is 9.78. The Morgan fingerprint density at radius 3 is 2.39 bits per heavy atom. The average Bonchev–Trinajstić information content (AvgIpc) is 2.69. The summed E-state index contributed by atoms with van der Waals surface area (Å²) in [7, 11) is 1.72. The number of likely N-dealkylation sites (tertiary alicyclic amines) is 1. The molecule has 1 amide bonds. The Bertz CT molecular complexity index is 652. The lowest BCUT2D eigenvalue weighted by Gasteiger charge is -2.38. The molecule has 2 aliphatic heterocycles. The molecule has 0 N–H and O–H groups in total. The standard InChI is InChI=1S/C20H28F3N3O2/c1-28-15-16-5-7-24(8-6-16)14-19(27)26-11-9-25(10-12-26)18-4-2-3-17(13-18)20(21,22)23/h2-4,13,16H,5-12,14-15H2,1H3. The van der Waals surface area contributed by atoms with E-state index in [0.29, 0.717) is 44.3 Å². The minimum Gasteiger partial charge on any atom is -0.384 e. The predicted octanol–water partition coefficient (Wildman–Crippen LogP) is 2.71. The fourth-order valence-electron chi connectivity index (χ4n) is 3.93. The highest BCUT2D eigenvalue weighted by Gasteiger charge is 2.31. The molecule has 3 rings (SSSR count). The molecule has 0 aliphatic carbocycles. The Morgan fingerprint density at radius 2 is 1.79 bits per heavy atom. The molecular formula is C20H28F3N3O2. The smallest absolute Gasteiger partial charge is 0.384 e. The second-order valence-corrected chi connectivity index (χ2v) is 7.59. The zero-order valence-electron chi connectivity index (χ0n) is 16.2. The van der Waals surface area contributed by atoms with Gasteiger partial charge >= 0.3 is 6.18 Å². The number of ether oxygens (including phenoxy) is 1. The van der Waals surface area contributed by atoms with E-state index in [9.17, 15) is 18.0 Å². The molecule has 5 nitrogen and oxygen atoms in total. The number of nitrogens with zero attached hydrogens (tertiary/aromatic N) is 3. The number of methoxy groups -OCH3 is 1. The third-order valence-electron chi connectivity index (χ3n) is 5.64. The van der Waals surface area contributed by atoms with Crippen LogP contribution in [0, 0.1) is 5.92 Å². The van der Waals surface area contributed by atoms with Crippen molar-refractivity contribution >= 4 is 11.6 Å². The van der Waals surface area contributed by atoms with E-state index in [-0.39, 0.29) is 5.91 Å². The van der Waals surface area contributed by atoms with Crippen LogP contribution in [-0.2, 0) is 15.7 Å². The second-order valence-electron chi connectivity index (χ2n) is 7.59. The number of amides is 1. The molecule has 2 fully saturated rings. The molecule has 2 heterocycles. The van der Waals surface area contributed by atoms with Crippen LogP contribution in [0.25, 0.3) is 0 Å². The maximum atomic E-state index is 12.9. The van der Waals surface area contributed by atoms with E-state index in [0.717, 1.165) is 38.6 Å². The highest BCUT2D eigenvalue weighted by molar-refractivity contribution is 5.78. The number of hydrogen-bond donors (Lipinski definition) is 0. The minimum absolute atomic E-state index is 0.105. The third kappa shape index (κ3) is 5.38. The number of rotatable bonds is 5. The summed E-state index contributed by atoms with van der Waals surface area (Å²) in [6.45, 7) is 5.17. The fraction of sp³-hybridized carbons (Fsp3) is 0.650. The van der Waals surface area contributed by atoms with Gasteiger partial charge in [-0.05, 0) is 50.0 Å². The van der Waals surface area contributed by atoms with Crippen molar-refractivity contribution in [2.24, 2.45) is 5.92 Å². The van der Waals surface area contributed by atoms with Gasteiger partial charge in [0, 0.05) is 45.6 Å². The number of benzene rings is 1.